The standard InChI is InChI=1S/C33H41N3O2.ClH/c37-31-24-27(25-36(31)29-13-5-2-6-14-29)32(38)35(28-11-3-1-4-12-28)21-9-20-34-22-18-33(19-23-34)17-16-26-10-7-8-15-30(26)33;/h1,3-4,7-8,10-12,15-17,27,29H,2,5-6,9,13-14,18-25H2;1H. The molecule has 0 bridgehead atoms. The van der Waals surface area contributed by atoms with Gasteiger partial charge in [-0.3, -0.25) is 9.59 Å². The Labute approximate surface area is 239 Å². The van der Waals surface area contributed by atoms with E-state index in [0.717, 1.165) is 57.4 Å². The Morgan fingerprint density at radius 2 is 1.67 bits per heavy atom. The monoisotopic (exact) mass is 547 g/mol. The summed E-state index contributed by atoms with van der Waals surface area (Å²) in [4.78, 5) is 33.3. The SMILES string of the molecule is Cl.O=C(C1CC(=O)N(C2CCCCC2)C1)N(CCCN1CCC2(C=Cc3ccccc32)CC1)c1ccccc1. The fraction of sp³-hybridized carbons (Fsp3) is 0.515. The minimum atomic E-state index is -0.228. The zero-order chi connectivity index (χ0) is 26.0. The fourth-order valence-corrected chi connectivity index (χ4v) is 7.34. The highest BCUT2D eigenvalue weighted by Crippen LogP contribution is 2.43. The highest BCUT2D eigenvalue weighted by molar-refractivity contribution is 5.99. The summed E-state index contributed by atoms with van der Waals surface area (Å²) in [6.45, 7) is 4.46. The number of piperidine rings is 1. The molecule has 0 radical (unpaired) electrons. The van der Waals surface area contributed by atoms with E-state index in [4.69, 9.17) is 0 Å². The number of anilines is 1. The molecule has 2 amide bonds. The number of rotatable bonds is 7. The minimum absolute atomic E-state index is 0. The number of carbonyl (C=O) groups excluding carboxylic acids is 2. The minimum Gasteiger partial charge on any atom is -0.339 e. The van der Waals surface area contributed by atoms with E-state index in [1.165, 1.54) is 30.4 Å². The van der Waals surface area contributed by atoms with Crippen LogP contribution >= 0.6 is 12.4 Å². The molecule has 4 aliphatic rings. The molecule has 6 heteroatoms. The lowest BCUT2D eigenvalue weighted by atomic mass is 9.74. The van der Waals surface area contributed by atoms with Crippen molar-refractivity contribution < 1.29 is 9.59 Å². The first-order valence-electron chi connectivity index (χ1n) is 14.8. The number of likely N-dealkylation sites (tertiary alicyclic amines) is 2. The van der Waals surface area contributed by atoms with Gasteiger partial charge in [-0.15, -0.1) is 12.4 Å². The number of para-hydroxylation sites is 1. The van der Waals surface area contributed by atoms with E-state index in [2.05, 4.69) is 41.3 Å². The van der Waals surface area contributed by atoms with Gasteiger partial charge < -0.3 is 14.7 Å². The third-order valence-electron chi connectivity index (χ3n) is 9.54. The highest BCUT2D eigenvalue weighted by Gasteiger charge is 2.40. The molecule has 1 unspecified atom stereocenters. The second kappa shape index (κ2) is 12.3. The summed E-state index contributed by atoms with van der Waals surface area (Å²) in [5.74, 6) is 0.0647. The van der Waals surface area contributed by atoms with Crippen molar-refractivity contribution in [2.75, 3.05) is 37.6 Å². The van der Waals surface area contributed by atoms with E-state index in [1.807, 2.05) is 40.1 Å². The van der Waals surface area contributed by atoms with Gasteiger partial charge in [-0.2, -0.15) is 0 Å². The molecular weight excluding hydrogens is 506 g/mol. The van der Waals surface area contributed by atoms with Crippen LogP contribution in [0.5, 0.6) is 0 Å². The van der Waals surface area contributed by atoms with Crippen LogP contribution in [0.1, 0.15) is 68.9 Å². The van der Waals surface area contributed by atoms with Crippen LogP contribution in [0, 0.1) is 5.92 Å². The van der Waals surface area contributed by atoms with E-state index < -0.39 is 0 Å². The Bertz CT molecular complexity index is 1170. The van der Waals surface area contributed by atoms with E-state index in [0.29, 0.717) is 25.6 Å². The Kier molecular flexibility index (Phi) is 8.78. The molecule has 2 heterocycles. The first kappa shape index (κ1) is 27.9. The molecule has 39 heavy (non-hydrogen) atoms. The normalized spacial score (nSPS) is 22.6. The van der Waals surface area contributed by atoms with Gasteiger partial charge in [-0.05, 0) is 75.0 Å². The average molecular weight is 548 g/mol. The van der Waals surface area contributed by atoms with Crippen LogP contribution in [0.25, 0.3) is 6.08 Å². The predicted octanol–water partition coefficient (Wildman–Crippen LogP) is 6.07. The van der Waals surface area contributed by atoms with Crippen molar-refractivity contribution >= 4 is 36.0 Å². The fourth-order valence-electron chi connectivity index (χ4n) is 7.34. The van der Waals surface area contributed by atoms with Gasteiger partial charge in [0, 0.05) is 36.7 Å². The molecule has 0 aromatic heterocycles. The molecule has 208 valence electrons. The van der Waals surface area contributed by atoms with Crippen LogP contribution in [0.2, 0.25) is 0 Å². The zero-order valence-corrected chi connectivity index (χ0v) is 23.8. The lowest BCUT2D eigenvalue weighted by molar-refractivity contribution is -0.130. The number of allylic oxidation sites excluding steroid dienone is 1. The summed E-state index contributed by atoms with van der Waals surface area (Å²) in [5, 5.41) is 0. The molecule has 3 fully saturated rings. The van der Waals surface area contributed by atoms with Gasteiger partial charge in [0.2, 0.25) is 11.8 Å². The third kappa shape index (κ3) is 5.81. The van der Waals surface area contributed by atoms with Crippen LogP contribution in [0.3, 0.4) is 0 Å². The largest absolute Gasteiger partial charge is 0.339 e. The van der Waals surface area contributed by atoms with E-state index in [-0.39, 0.29) is 35.6 Å². The maximum atomic E-state index is 13.8. The Hall–Kier alpha value is -2.63. The number of amides is 2. The van der Waals surface area contributed by atoms with Crippen molar-refractivity contribution in [3.05, 3.63) is 71.8 Å². The first-order chi connectivity index (χ1) is 18.6. The van der Waals surface area contributed by atoms with Crippen LogP contribution in [-0.2, 0) is 15.0 Å². The van der Waals surface area contributed by atoms with Crippen molar-refractivity contribution in [2.24, 2.45) is 5.92 Å². The quantitative estimate of drug-likeness (QED) is 0.422. The van der Waals surface area contributed by atoms with E-state index >= 15 is 0 Å². The molecule has 1 atom stereocenters. The number of hydrogen-bond donors (Lipinski definition) is 0. The zero-order valence-electron chi connectivity index (χ0n) is 23.0. The summed E-state index contributed by atoms with van der Waals surface area (Å²) in [6.07, 6.45) is 14.2. The summed E-state index contributed by atoms with van der Waals surface area (Å²) in [6, 6.07) is 19.2. The Balaban J connectivity index is 0.00000308. The number of fused-ring (bicyclic) bond motifs is 2. The number of hydrogen-bond acceptors (Lipinski definition) is 3. The lowest BCUT2D eigenvalue weighted by Crippen LogP contribution is -2.43. The summed E-state index contributed by atoms with van der Waals surface area (Å²) < 4.78 is 0. The molecule has 2 saturated heterocycles. The summed E-state index contributed by atoms with van der Waals surface area (Å²) in [7, 11) is 0. The molecule has 6 rings (SSSR count). The molecule has 1 saturated carbocycles. The first-order valence-corrected chi connectivity index (χ1v) is 14.8. The molecule has 2 aliphatic heterocycles. The van der Waals surface area contributed by atoms with Crippen LogP contribution in [-0.4, -0.2) is 60.4 Å². The Morgan fingerprint density at radius 3 is 2.44 bits per heavy atom. The van der Waals surface area contributed by atoms with Gasteiger partial charge in [0.1, 0.15) is 0 Å². The predicted molar refractivity (Wildman–Crippen MR) is 160 cm³/mol. The number of halogens is 1. The summed E-state index contributed by atoms with van der Waals surface area (Å²) in [5.41, 5.74) is 4.03. The molecule has 0 N–H and O–H groups in total. The van der Waals surface area contributed by atoms with Gasteiger partial charge >= 0.3 is 0 Å². The second-order valence-corrected chi connectivity index (χ2v) is 11.8. The topological polar surface area (TPSA) is 43.9 Å². The average Bonchev–Trinajstić information content (AvgIpc) is 3.54. The van der Waals surface area contributed by atoms with Gasteiger partial charge in [0.25, 0.3) is 0 Å². The van der Waals surface area contributed by atoms with Crippen LogP contribution < -0.4 is 4.90 Å². The molecule has 2 aromatic carbocycles. The van der Waals surface area contributed by atoms with Gasteiger partial charge in [-0.1, -0.05) is 73.9 Å². The smallest absolute Gasteiger partial charge is 0.232 e. The maximum Gasteiger partial charge on any atom is 0.232 e. The second-order valence-electron chi connectivity index (χ2n) is 11.8. The molecule has 1 spiro atoms. The van der Waals surface area contributed by atoms with Gasteiger partial charge in [0.15, 0.2) is 0 Å². The van der Waals surface area contributed by atoms with Crippen molar-refractivity contribution in [2.45, 2.75) is 69.2 Å². The van der Waals surface area contributed by atoms with Crippen LogP contribution in [0.4, 0.5) is 5.69 Å². The van der Waals surface area contributed by atoms with Crippen molar-refractivity contribution in [3.63, 3.8) is 0 Å². The van der Waals surface area contributed by atoms with E-state index in [1.54, 1.807) is 0 Å². The third-order valence-corrected chi connectivity index (χ3v) is 9.54. The van der Waals surface area contributed by atoms with Crippen molar-refractivity contribution in [1.29, 1.82) is 0 Å². The number of carbonyl (C=O) groups is 2. The molecule has 2 aliphatic carbocycles. The number of benzene rings is 2. The molecule has 2 aromatic rings. The lowest BCUT2D eigenvalue weighted by Gasteiger charge is -2.39. The highest BCUT2D eigenvalue weighted by atomic mass is 35.5. The molecular formula is C33H42ClN3O2. The van der Waals surface area contributed by atoms with Crippen LogP contribution in [0.15, 0.2) is 60.7 Å². The number of nitrogens with zero attached hydrogens (tertiary/aromatic N) is 3. The summed E-state index contributed by atoms with van der Waals surface area (Å²) >= 11 is 0. The maximum absolute atomic E-state index is 13.8. The van der Waals surface area contributed by atoms with E-state index in [9.17, 15) is 9.59 Å². The van der Waals surface area contributed by atoms with Crippen molar-refractivity contribution in [3.8, 4) is 0 Å². The van der Waals surface area contributed by atoms with Crippen molar-refractivity contribution in [1.82, 2.24) is 9.80 Å². The van der Waals surface area contributed by atoms with Gasteiger partial charge in [0.05, 0.1) is 5.92 Å². The van der Waals surface area contributed by atoms with Gasteiger partial charge in [-0.25, -0.2) is 0 Å². The molecule has 5 nitrogen and oxygen atoms in total. The Morgan fingerprint density at radius 1 is 0.949 bits per heavy atom.